The second-order valence-electron chi connectivity index (χ2n) is 6.01. The van der Waals surface area contributed by atoms with E-state index in [1.54, 1.807) is 0 Å². The zero-order valence-corrected chi connectivity index (χ0v) is 13.9. The fourth-order valence-electron chi connectivity index (χ4n) is 3.37. The first-order valence-corrected chi connectivity index (χ1v) is 7.84. The highest BCUT2D eigenvalue weighted by Crippen LogP contribution is 2.49. The standard InChI is InChI=1S/C17H23NO2S/c1-5-20-16(19)17(4)10-11(2)13-8-6-7-9-14(13)15(17)18-12(3)21/h6-9,11,15H,5,10H2,1-4H3,(H,18,21). The third kappa shape index (κ3) is 2.95. The Morgan fingerprint density at radius 3 is 2.62 bits per heavy atom. The van der Waals surface area contributed by atoms with Crippen LogP contribution in [-0.2, 0) is 9.53 Å². The van der Waals surface area contributed by atoms with Gasteiger partial charge in [0.25, 0.3) is 0 Å². The second kappa shape index (κ2) is 6.14. The molecule has 2 rings (SSSR count). The number of benzene rings is 1. The van der Waals surface area contributed by atoms with Crippen LogP contribution in [0, 0.1) is 5.41 Å². The lowest BCUT2D eigenvalue weighted by Crippen LogP contribution is -2.47. The summed E-state index contributed by atoms with van der Waals surface area (Å²) in [6.07, 6.45) is 0.753. The van der Waals surface area contributed by atoms with Crippen LogP contribution in [0.15, 0.2) is 24.3 Å². The van der Waals surface area contributed by atoms with E-state index in [4.69, 9.17) is 17.0 Å². The van der Waals surface area contributed by atoms with Gasteiger partial charge in [0.15, 0.2) is 0 Å². The van der Waals surface area contributed by atoms with Gasteiger partial charge in [0, 0.05) is 0 Å². The van der Waals surface area contributed by atoms with Gasteiger partial charge in [-0.1, -0.05) is 43.4 Å². The van der Waals surface area contributed by atoms with E-state index in [9.17, 15) is 4.79 Å². The van der Waals surface area contributed by atoms with Crippen molar-refractivity contribution in [2.24, 2.45) is 5.41 Å². The maximum Gasteiger partial charge on any atom is 0.314 e. The summed E-state index contributed by atoms with van der Waals surface area (Å²) in [5.74, 6) is 0.166. The molecule has 1 aliphatic rings. The number of esters is 1. The molecule has 4 heteroatoms. The van der Waals surface area contributed by atoms with Gasteiger partial charge in [-0.2, -0.15) is 0 Å². The minimum atomic E-state index is -0.607. The molecular formula is C17H23NO2S. The van der Waals surface area contributed by atoms with Crippen molar-refractivity contribution in [2.45, 2.75) is 46.1 Å². The van der Waals surface area contributed by atoms with Crippen molar-refractivity contribution in [3.63, 3.8) is 0 Å². The van der Waals surface area contributed by atoms with E-state index >= 15 is 0 Å². The van der Waals surface area contributed by atoms with Crippen LogP contribution in [0.5, 0.6) is 0 Å². The number of thiocarbonyl (C=S) groups is 1. The topological polar surface area (TPSA) is 38.3 Å². The second-order valence-corrected chi connectivity index (χ2v) is 6.62. The van der Waals surface area contributed by atoms with Crippen LogP contribution in [-0.4, -0.2) is 17.6 Å². The molecule has 0 heterocycles. The lowest BCUT2D eigenvalue weighted by molar-refractivity contribution is -0.157. The van der Waals surface area contributed by atoms with Crippen LogP contribution < -0.4 is 5.32 Å². The van der Waals surface area contributed by atoms with Crippen molar-refractivity contribution in [2.75, 3.05) is 6.61 Å². The van der Waals surface area contributed by atoms with Crippen molar-refractivity contribution in [3.8, 4) is 0 Å². The lowest BCUT2D eigenvalue weighted by Gasteiger charge is -2.43. The highest BCUT2D eigenvalue weighted by atomic mass is 32.1. The molecule has 1 aromatic rings. The molecule has 3 nitrogen and oxygen atoms in total. The zero-order valence-electron chi connectivity index (χ0n) is 13.1. The van der Waals surface area contributed by atoms with Crippen LogP contribution in [0.1, 0.15) is 57.2 Å². The lowest BCUT2D eigenvalue weighted by atomic mass is 9.65. The van der Waals surface area contributed by atoms with Crippen molar-refractivity contribution in [3.05, 3.63) is 35.4 Å². The van der Waals surface area contributed by atoms with E-state index in [2.05, 4.69) is 24.4 Å². The number of carbonyl (C=O) groups is 1. The molecule has 0 fully saturated rings. The van der Waals surface area contributed by atoms with Crippen LogP contribution in [0.25, 0.3) is 0 Å². The summed E-state index contributed by atoms with van der Waals surface area (Å²) >= 11 is 5.23. The van der Waals surface area contributed by atoms with E-state index in [-0.39, 0.29) is 12.0 Å². The Morgan fingerprint density at radius 1 is 1.43 bits per heavy atom. The summed E-state index contributed by atoms with van der Waals surface area (Å²) in [5.41, 5.74) is 1.83. The largest absolute Gasteiger partial charge is 0.466 e. The Bertz CT molecular complexity index is 557. The molecule has 1 aliphatic carbocycles. The molecule has 0 bridgehead atoms. The minimum absolute atomic E-state index is 0.138. The average molecular weight is 305 g/mol. The number of carbonyl (C=O) groups excluding carboxylic acids is 1. The molecule has 0 saturated heterocycles. The highest BCUT2D eigenvalue weighted by molar-refractivity contribution is 7.80. The molecule has 0 amide bonds. The normalized spacial score (nSPS) is 27.6. The number of fused-ring (bicyclic) bond motifs is 1. The van der Waals surface area contributed by atoms with Gasteiger partial charge >= 0.3 is 5.97 Å². The first kappa shape index (κ1) is 16.0. The maximum atomic E-state index is 12.6. The first-order chi connectivity index (χ1) is 9.90. The molecule has 0 spiro atoms. The predicted octanol–water partition coefficient (Wildman–Crippen LogP) is 3.74. The third-order valence-corrected chi connectivity index (χ3v) is 4.41. The quantitative estimate of drug-likeness (QED) is 0.682. The minimum Gasteiger partial charge on any atom is -0.466 e. The molecule has 1 aromatic carbocycles. The number of ether oxygens (including phenoxy) is 1. The van der Waals surface area contributed by atoms with Gasteiger partial charge in [0.2, 0.25) is 0 Å². The van der Waals surface area contributed by atoms with Gasteiger partial charge in [0.05, 0.1) is 23.1 Å². The van der Waals surface area contributed by atoms with E-state index in [1.807, 2.05) is 32.9 Å². The fraction of sp³-hybridized carbons (Fsp3) is 0.529. The maximum absolute atomic E-state index is 12.6. The number of nitrogens with one attached hydrogen (secondary N) is 1. The fourth-order valence-corrected chi connectivity index (χ4v) is 3.48. The monoisotopic (exact) mass is 305 g/mol. The molecule has 3 unspecified atom stereocenters. The van der Waals surface area contributed by atoms with E-state index in [0.717, 1.165) is 12.0 Å². The SMILES string of the molecule is CCOC(=O)C1(C)CC(C)c2ccccc2C1NC(C)=S. The van der Waals surface area contributed by atoms with E-state index in [0.29, 0.717) is 17.5 Å². The molecule has 1 N–H and O–H groups in total. The van der Waals surface area contributed by atoms with Crippen LogP contribution in [0.3, 0.4) is 0 Å². The smallest absolute Gasteiger partial charge is 0.314 e. The molecule has 0 aliphatic heterocycles. The number of hydrogen-bond acceptors (Lipinski definition) is 3. The number of hydrogen-bond donors (Lipinski definition) is 1. The van der Waals surface area contributed by atoms with Gasteiger partial charge in [-0.3, -0.25) is 4.79 Å². The Labute approximate surface area is 132 Å². The summed E-state index contributed by atoms with van der Waals surface area (Å²) in [6, 6.07) is 8.14. The average Bonchev–Trinajstić information content (AvgIpc) is 2.43. The Kier molecular flexibility index (Phi) is 4.67. The summed E-state index contributed by atoms with van der Waals surface area (Å²) in [7, 11) is 0. The Balaban J connectivity index is 2.51. The summed E-state index contributed by atoms with van der Waals surface area (Å²) in [6.45, 7) is 8.23. The van der Waals surface area contributed by atoms with Gasteiger partial charge in [-0.05, 0) is 44.2 Å². The van der Waals surface area contributed by atoms with Crippen molar-refractivity contribution < 1.29 is 9.53 Å². The predicted molar refractivity (Wildman–Crippen MR) is 88.4 cm³/mol. The molecular weight excluding hydrogens is 282 g/mol. The molecule has 0 aromatic heterocycles. The van der Waals surface area contributed by atoms with Gasteiger partial charge in [-0.25, -0.2) is 0 Å². The highest BCUT2D eigenvalue weighted by Gasteiger charge is 2.48. The van der Waals surface area contributed by atoms with Gasteiger partial charge in [0.1, 0.15) is 0 Å². The van der Waals surface area contributed by atoms with Crippen LogP contribution >= 0.6 is 12.2 Å². The summed E-state index contributed by atoms with van der Waals surface area (Å²) in [5, 5.41) is 3.32. The molecule has 0 radical (unpaired) electrons. The molecule has 0 saturated carbocycles. The van der Waals surface area contributed by atoms with Gasteiger partial charge < -0.3 is 10.1 Å². The molecule has 3 atom stereocenters. The van der Waals surface area contributed by atoms with Crippen molar-refractivity contribution in [1.29, 1.82) is 0 Å². The van der Waals surface area contributed by atoms with Crippen LogP contribution in [0.2, 0.25) is 0 Å². The third-order valence-electron chi connectivity index (χ3n) is 4.29. The van der Waals surface area contributed by atoms with Crippen molar-refractivity contribution >= 4 is 23.2 Å². The van der Waals surface area contributed by atoms with E-state index in [1.165, 1.54) is 5.56 Å². The van der Waals surface area contributed by atoms with Crippen LogP contribution in [0.4, 0.5) is 0 Å². The van der Waals surface area contributed by atoms with E-state index < -0.39 is 5.41 Å². The Morgan fingerprint density at radius 2 is 2.05 bits per heavy atom. The van der Waals surface area contributed by atoms with Crippen molar-refractivity contribution in [1.82, 2.24) is 5.32 Å². The Hall–Kier alpha value is -1.42. The number of rotatable bonds is 3. The zero-order chi connectivity index (χ0) is 15.6. The first-order valence-electron chi connectivity index (χ1n) is 7.43. The molecule has 114 valence electrons. The molecule has 21 heavy (non-hydrogen) atoms. The summed E-state index contributed by atoms with van der Waals surface area (Å²) in [4.78, 5) is 13.3. The summed E-state index contributed by atoms with van der Waals surface area (Å²) < 4.78 is 5.34. The van der Waals surface area contributed by atoms with Gasteiger partial charge in [-0.15, -0.1) is 0 Å².